The normalized spacial score (nSPS) is 10.8. The zero-order chi connectivity index (χ0) is 13.9. The maximum atomic E-state index is 11.4. The molecule has 102 valence electrons. The van der Waals surface area contributed by atoms with E-state index in [2.05, 4.69) is 26.7 Å². The second kappa shape index (κ2) is 5.46. The lowest BCUT2D eigenvalue weighted by molar-refractivity contribution is 0.701. The Kier molecular flexibility index (Phi) is 3.52. The quantitative estimate of drug-likeness (QED) is 0.801. The number of nitrogens with one attached hydrogen (secondary N) is 1. The number of thiophene rings is 1. The maximum Gasteiger partial charge on any atom is 0.250 e. The summed E-state index contributed by atoms with van der Waals surface area (Å²) in [6.45, 7) is 2.76. The number of aromatic nitrogens is 3. The molecule has 0 fully saturated rings. The number of hydrogen-bond acceptors (Lipinski definition) is 3. The van der Waals surface area contributed by atoms with Crippen molar-refractivity contribution in [2.45, 2.75) is 19.9 Å². The topological polar surface area (TPSA) is 50.7 Å². The van der Waals surface area contributed by atoms with Crippen molar-refractivity contribution in [3.05, 3.63) is 63.9 Å². The molecule has 1 N–H and O–H groups in total. The molecule has 0 amide bonds. The average Bonchev–Trinajstić information content (AvgIpc) is 3.10. The highest BCUT2D eigenvalue weighted by Gasteiger charge is 2.05. The number of aromatic amines is 1. The number of aryl methyl sites for hydroxylation is 3. The molecule has 0 aliphatic carbocycles. The van der Waals surface area contributed by atoms with Gasteiger partial charge in [-0.15, -0.1) is 11.3 Å². The van der Waals surface area contributed by atoms with Gasteiger partial charge in [-0.2, -0.15) is 0 Å². The molecule has 0 atom stereocenters. The molecule has 0 aromatic carbocycles. The number of rotatable bonds is 4. The zero-order valence-electron chi connectivity index (χ0n) is 11.2. The van der Waals surface area contributed by atoms with Crippen LogP contribution in [0.1, 0.15) is 10.4 Å². The SMILES string of the molecule is Cc1cc(-c2ccc(CCn3ccnc3)s2)c[nH]c1=O. The Hall–Kier alpha value is -2.14. The van der Waals surface area contributed by atoms with Crippen LogP contribution in [-0.2, 0) is 13.0 Å². The van der Waals surface area contributed by atoms with Crippen LogP contribution in [0.2, 0.25) is 0 Å². The van der Waals surface area contributed by atoms with E-state index in [0.717, 1.165) is 24.1 Å². The van der Waals surface area contributed by atoms with Gasteiger partial charge in [0.1, 0.15) is 0 Å². The van der Waals surface area contributed by atoms with Crippen molar-refractivity contribution in [3.63, 3.8) is 0 Å². The first-order chi connectivity index (χ1) is 9.72. The molecule has 20 heavy (non-hydrogen) atoms. The standard InChI is InChI=1S/C15H15N3OS/c1-11-8-12(9-17-15(11)19)14-3-2-13(20-14)4-6-18-7-5-16-10-18/h2-3,5,7-10H,4,6H2,1H3,(H,17,19). The number of hydrogen-bond donors (Lipinski definition) is 1. The Balaban J connectivity index is 1.75. The molecular weight excluding hydrogens is 270 g/mol. The number of nitrogens with zero attached hydrogens (tertiary/aromatic N) is 2. The van der Waals surface area contributed by atoms with E-state index in [1.807, 2.05) is 25.5 Å². The van der Waals surface area contributed by atoms with E-state index in [4.69, 9.17) is 0 Å². The van der Waals surface area contributed by atoms with Gasteiger partial charge in [0.15, 0.2) is 0 Å². The van der Waals surface area contributed by atoms with Gasteiger partial charge in [-0.3, -0.25) is 4.79 Å². The number of H-pyrrole nitrogens is 1. The van der Waals surface area contributed by atoms with Crippen LogP contribution >= 0.6 is 11.3 Å². The van der Waals surface area contributed by atoms with Crippen molar-refractivity contribution in [3.8, 4) is 10.4 Å². The molecule has 0 unspecified atom stereocenters. The van der Waals surface area contributed by atoms with Gasteiger partial charge in [0.2, 0.25) is 0 Å². The predicted octanol–water partition coefficient (Wildman–Crippen LogP) is 2.85. The fourth-order valence-corrected chi connectivity index (χ4v) is 3.05. The van der Waals surface area contributed by atoms with Crippen LogP contribution in [0.5, 0.6) is 0 Å². The summed E-state index contributed by atoms with van der Waals surface area (Å²) in [6.07, 6.45) is 8.37. The Morgan fingerprint density at radius 1 is 1.40 bits per heavy atom. The second-order valence-corrected chi connectivity index (χ2v) is 5.89. The lowest BCUT2D eigenvalue weighted by atomic mass is 10.2. The van der Waals surface area contributed by atoms with Crippen LogP contribution in [0, 0.1) is 6.92 Å². The summed E-state index contributed by atoms with van der Waals surface area (Å²) < 4.78 is 2.07. The van der Waals surface area contributed by atoms with Crippen LogP contribution in [0.15, 0.2) is 47.9 Å². The van der Waals surface area contributed by atoms with Gasteiger partial charge in [-0.05, 0) is 31.5 Å². The minimum absolute atomic E-state index is 0.0226. The Bertz CT molecular complexity index is 756. The summed E-state index contributed by atoms with van der Waals surface area (Å²) in [4.78, 5) is 20.7. The average molecular weight is 285 g/mol. The molecule has 3 heterocycles. The predicted molar refractivity (Wildman–Crippen MR) is 81.0 cm³/mol. The zero-order valence-corrected chi connectivity index (χ0v) is 12.0. The molecular formula is C15H15N3OS. The van der Waals surface area contributed by atoms with E-state index in [0.29, 0.717) is 0 Å². The summed E-state index contributed by atoms with van der Waals surface area (Å²) in [6, 6.07) is 6.20. The highest BCUT2D eigenvalue weighted by Crippen LogP contribution is 2.28. The van der Waals surface area contributed by atoms with E-state index in [1.165, 1.54) is 9.75 Å². The first-order valence-corrected chi connectivity index (χ1v) is 7.28. The Morgan fingerprint density at radius 3 is 3.05 bits per heavy atom. The minimum Gasteiger partial charge on any atom is -0.337 e. The van der Waals surface area contributed by atoms with E-state index >= 15 is 0 Å². The highest BCUT2D eigenvalue weighted by molar-refractivity contribution is 7.15. The summed E-state index contributed by atoms with van der Waals surface area (Å²) in [5.41, 5.74) is 1.79. The van der Waals surface area contributed by atoms with E-state index in [9.17, 15) is 4.79 Å². The van der Waals surface area contributed by atoms with Crippen LogP contribution in [0.3, 0.4) is 0 Å². The third-order valence-corrected chi connectivity index (χ3v) is 4.40. The molecule has 0 saturated carbocycles. The molecule has 3 rings (SSSR count). The number of pyridine rings is 1. The van der Waals surface area contributed by atoms with Crippen molar-refractivity contribution in [2.24, 2.45) is 0 Å². The van der Waals surface area contributed by atoms with Crippen molar-refractivity contribution in [2.75, 3.05) is 0 Å². The molecule has 3 aromatic rings. The molecule has 5 heteroatoms. The third-order valence-electron chi connectivity index (χ3n) is 3.21. The second-order valence-electron chi connectivity index (χ2n) is 4.72. The lowest BCUT2D eigenvalue weighted by Gasteiger charge is -2.00. The van der Waals surface area contributed by atoms with Crippen molar-refractivity contribution in [1.82, 2.24) is 14.5 Å². The van der Waals surface area contributed by atoms with Crippen molar-refractivity contribution < 1.29 is 0 Å². The van der Waals surface area contributed by atoms with Gasteiger partial charge >= 0.3 is 0 Å². The minimum atomic E-state index is -0.0226. The molecule has 0 spiro atoms. The van der Waals surface area contributed by atoms with Crippen LogP contribution in [0.4, 0.5) is 0 Å². The molecule has 0 saturated heterocycles. The molecule has 0 radical (unpaired) electrons. The van der Waals surface area contributed by atoms with Gasteiger partial charge in [0.25, 0.3) is 5.56 Å². The monoisotopic (exact) mass is 285 g/mol. The van der Waals surface area contributed by atoms with E-state index in [-0.39, 0.29) is 5.56 Å². The maximum absolute atomic E-state index is 11.4. The molecule has 0 aliphatic heterocycles. The van der Waals surface area contributed by atoms with E-state index in [1.54, 1.807) is 23.7 Å². The van der Waals surface area contributed by atoms with Gasteiger partial charge in [0.05, 0.1) is 6.33 Å². The molecule has 4 nitrogen and oxygen atoms in total. The van der Waals surface area contributed by atoms with Crippen LogP contribution in [0.25, 0.3) is 10.4 Å². The fraction of sp³-hybridized carbons (Fsp3) is 0.200. The van der Waals surface area contributed by atoms with Gasteiger partial charge in [0, 0.05) is 46.0 Å². The number of imidazole rings is 1. The van der Waals surface area contributed by atoms with Crippen LogP contribution < -0.4 is 5.56 Å². The van der Waals surface area contributed by atoms with Crippen molar-refractivity contribution >= 4 is 11.3 Å². The first-order valence-electron chi connectivity index (χ1n) is 6.46. The van der Waals surface area contributed by atoms with Gasteiger partial charge in [-0.25, -0.2) is 4.98 Å². The summed E-state index contributed by atoms with van der Waals surface area (Å²) in [5.74, 6) is 0. The smallest absolute Gasteiger partial charge is 0.250 e. The van der Waals surface area contributed by atoms with Crippen molar-refractivity contribution in [1.29, 1.82) is 0 Å². The van der Waals surface area contributed by atoms with Gasteiger partial charge in [-0.1, -0.05) is 0 Å². The molecule has 3 aromatic heterocycles. The molecule has 0 bridgehead atoms. The summed E-state index contributed by atoms with van der Waals surface area (Å²) in [5, 5.41) is 0. The summed E-state index contributed by atoms with van der Waals surface area (Å²) >= 11 is 1.77. The fourth-order valence-electron chi connectivity index (χ4n) is 2.07. The van der Waals surface area contributed by atoms with Crippen LogP contribution in [-0.4, -0.2) is 14.5 Å². The largest absolute Gasteiger partial charge is 0.337 e. The Labute approximate surface area is 120 Å². The lowest BCUT2D eigenvalue weighted by Crippen LogP contribution is -2.07. The Morgan fingerprint density at radius 2 is 2.30 bits per heavy atom. The van der Waals surface area contributed by atoms with Gasteiger partial charge < -0.3 is 9.55 Å². The van der Waals surface area contributed by atoms with E-state index < -0.39 is 0 Å². The molecule has 0 aliphatic rings. The first kappa shape index (κ1) is 12.9. The summed E-state index contributed by atoms with van der Waals surface area (Å²) in [7, 11) is 0. The highest BCUT2D eigenvalue weighted by atomic mass is 32.1. The third kappa shape index (κ3) is 2.72.